The van der Waals surface area contributed by atoms with Gasteiger partial charge in [0, 0.05) is 18.3 Å². The van der Waals surface area contributed by atoms with Gasteiger partial charge in [0.25, 0.3) is 5.91 Å². The molecule has 0 aliphatic carbocycles. The van der Waals surface area contributed by atoms with Crippen molar-refractivity contribution in [2.45, 2.75) is 40.3 Å². The first-order chi connectivity index (χ1) is 13.3. The molecular weight excluding hydrogens is 386 g/mol. The summed E-state index contributed by atoms with van der Waals surface area (Å²) in [5, 5.41) is 7.17. The maximum Gasteiger partial charge on any atom is 0.343 e. The summed E-state index contributed by atoms with van der Waals surface area (Å²) in [7, 11) is 0. The third-order valence-corrected chi connectivity index (χ3v) is 4.48. The highest BCUT2D eigenvalue weighted by Gasteiger charge is 2.26. The van der Waals surface area contributed by atoms with E-state index in [1.165, 1.54) is 6.92 Å². The van der Waals surface area contributed by atoms with Crippen molar-refractivity contribution in [3.8, 4) is 11.5 Å². The van der Waals surface area contributed by atoms with Crippen LogP contribution in [0.5, 0.6) is 11.5 Å². The van der Waals surface area contributed by atoms with Gasteiger partial charge < -0.3 is 19.5 Å². The highest BCUT2D eigenvalue weighted by Crippen LogP contribution is 2.34. The molecule has 0 radical (unpaired) electrons. The van der Waals surface area contributed by atoms with E-state index in [0.717, 1.165) is 0 Å². The number of carbonyl (C=O) groups excluding carboxylic acids is 2. The number of aryl methyl sites for hydroxylation is 1. The van der Waals surface area contributed by atoms with E-state index in [0.29, 0.717) is 35.3 Å². The zero-order chi connectivity index (χ0) is 20.4. The van der Waals surface area contributed by atoms with Crippen LogP contribution in [0.4, 0.5) is 5.69 Å². The number of amides is 1. The second-order valence-corrected chi connectivity index (χ2v) is 7.29. The molecule has 0 fully saturated rings. The fourth-order valence-corrected chi connectivity index (χ4v) is 3.06. The maximum absolute atomic E-state index is 12.5. The Bertz CT molecular complexity index is 909. The minimum Gasteiger partial charge on any atom is -0.454 e. The molecule has 0 bridgehead atoms. The number of aromatic nitrogens is 2. The number of ether oxygens (including phenoxy) is 3. The average molecular weight is 408 g/mol. The lowest BCUT2D eigenvalue weighted by Crippen LogP contribution is -2.30. The maximum atomic E-state index is 12.5. The molecule has 1 aromatic heterocycles. The van der Waals surface area contributed by atoms with Crippen molar-refractivity contribution in [1.82, 2.24) is 9.78 Å². The molecule has 1 amide bonds. The molecule has 1 aliphatic rings. The van der Waals surface area contributed by atoms with E-state index in [1.807, 2.05) is 13.8 Å². The lowest BCUT2D eigenvalue weighted by Gasteiger charge is -2.14. The summed E-state index contributed by atoms with van der Waals surface area (Å²) in [4.78, 5) is 24.9. The van der Waals surface area contributed by atoms with Crippen molar-refractivity contribution < 1.29 is 23.8 Å². The van der Waals surface area contributed by atoms with E-state index in [4.69, 9.17) is 25.8 Å². The van der Waals surface area contributed by atoms with Crippen molar-refractivity contribution >= 4 is 29.2 Å². The van der Waals surface area contributed by atoms with Gasteiger partial charge in [-0.15, -0.1) is 0 Å². The Morgan fingerprint density at radius 1 is 1.29 bits per heavy atom. The number of hydrogen-bond acceptors (Lipinski definition) is 6. The van der Waals surface area contributed by atoms with Crippen molar-refractivity contribution in [1.29, 1.82) is 0 Å². The molecule has 28 heavy (non-hydrogen) atoms. The number of carbonyl (C=O) groups is 2. The van der Waals surface area contributed by atoms with E-state index in [-0.39, 0.29) is 17.5 Å². The normalized spacial score (nSPS) is 13.5. The predicted molar refractivity (Wildman–Crippen MR) is 103 cm³/mol. The summed E-state index contributed by atoms with van der Waals surface area (Å²) >= 11 is 6.29. The number of nitrogens with zero attached hydrogens (tertiary/aromatic N) is 2. The Balaban J connectivity index is 1.65. The van der Waals surface area contributed by atoms with Crippen molar-refractivity contribution in [2.75, 3.05) is 12.1 Å². The standard InChI is InChI=1S/C19H22ClN3O5/c1-10(2)8-23-17(20)16(11(3)22-23)19(25)28-12(4)18(24)21-13-5-6-14-15(7-13)27-9-26-14/h5-7,10,12H,8-9H2,1-4H3,(H,21,24)/t12-/m1/s1. The quantitative estimate of drug-likeness (QED) is 0.738. The first-order valence-electron chi connectivity index (χ1n) is 8.90. The summed E-state index contributed by atoms with van der Waals surface area (Å²) in [6.07, 6.45) is -1.03. The molecule has 0 unspecified atom stereocenters. The first-order valence-corrected chi connectivity index (χ1v) is 9.28. The van der Waals surface area contributed by atoms with Gasteiger partial charge in [0.15, 0.2) is 17.6 Å². The van der Waals surface area contributed by atoms with Crippen LogP contribution >= 0.6 is 11.6 Å². The van der Waals surface area contributed by atoms with Gasteiger partial charge >= 0.3 is 5.97 Å². The SMILES string of the molecule is Cc1nn(CC(C)C)c(Cl)c1C(=O)O[C@H](C)C(=O)Nc1ccc2c(c1)OCO2. The summed E-state index contributed by atoms with van der Waals surface area (Å²) in [5.74, 6) is 0.303. The average Bonchev–Trinajstić information content (AvgIpc) is 3.18. The minimum absolute atomic E-state index is 0.144. The van der Waals surface area contributed by atoms with E-state index >= 15 is 0 Å². The number of hydrogen-bond donors (Lipinski definition) is 1. The number of fused-ring (bicyclic) bond motifs is 1. The monoisotopic (exact) mass is 407 g/mol. The molecule has 1 aromatic carbocycles. The molecular formula is C19H22ClN3O5. The summed E-state index contributed by atoms with van der Waals surface area (Å²) in [6, 6.07) is 5.02. The third-order valence-electron chi connectivity index (χ3n) is 4.10. The van der Waals surface area contributed by atoms with Gasteiger partial charge in [-0.25, -0.2) is 4.79 Å². The fourth-order valence-electron chi connectivity index (χ4n) is 2.74. The zero-order valence-electron chi connectivity index (χ0n) is 16.1. The minimum atomic E-state index is -1.03. The molecule has 3 rings (SSSR count). The molecule has 0 saturated heterocycles. The number of esters is 1. The molecule has 2 aromatic rings. The Labute approximate surface area is 167 Å². The lowest BCUT2D eigenvalue weighted by molar-refractivity contribution is -0.123. The van der Waals surface area contributed by atoms with Crippen molar-refractivity contribution in [3.05, 3.63) is 34.6 Å². The van der Waals surface area contributed by atoms with Crippen LogP contribution < -0.4 is 14.8 Å². The van der Waals surface area contributed by atoms with Gasteiger partial charge in [-0.3, -0.25) is 9.48 Å². The topological polar surface area (TPSA) is 91.7 Å². The second kappa shape index (κ2) is 8.10. The Hall–Kier alpha value is -2.74. The van der Waals surface area contributed by atoms with Crippen LogP contribution in [0.25, 0.3) is 0 Å². The van der Waals surface area contributed by atoms with Gasteiger partial charge in [-0.1, -0.05) is 25.4 Å². The molecule has 150 valence electrons. The summed E-state index contributed by atoms with van der Waals surface area (Å²) in [6.45, 7) is 7.93. The fraction of sp³-hybridized carbons (Fsp3) is 0.421. The van der Waals surface area contributed by atoms with Crippen LogP contribution in [0.15, 0.2) is 18.2 Å². The smallest absolute Gasteiger partial charge is 0.343 e. The largest absolute Gasteiger partial charge is 0.454 e. The Kier molecular flexibility index (Phi) is 5.79. The molecule has 1 atom stereocenters. The number of rotatable bonds is 6. The van der Waals surface area contributed by atoms with Crippen LogP contribution in [0.1, 0.15) is 36.8 Å². The summed E-state index contributed by atoms with van der Waals surface area (Å²) < 4.78 is 17.4. The number of benzene rings is 1. The third kappa shape index (κ3) is 4.22. The van der Waals surface area contributed by atoms with Gasteiger partial charge in [0.1, 0.15) is 10.7 Å². The van der Waals surface area contributed by atoms with E-state index in [2.05, 4.69) is 10.4 Å². The van der Waals surface area contributed by atoms with Crippen LogP contribution in [-0.4, -0.2) is 34.6 Å². The van der Waals surface area contributed by atoms with Crippen molar-refractivity contribution in [3.63, 3.8) is 0 Å². The number of nitrogens with one attached hydrogen (secondary N) is 1. The second-order valence-electron chi connectivity index (χ2n) is 6.93. The van der Waals surface area contributed by atoms with Gasteiger partial charge in [-0.05, 0) is 31.9 Å². The van der Waals surface area contributed by atoms with Crippen LogP contribution in [0.2, 0.25) is 5.15 Å². The van der Waals surface area contributed by atoms with E-state index in [1.54, 1.807) is 29.8 Å². The van der Waals surface area contributed by atoms with Gasteiger partial charge in [-0.2, -0.15) is 5.10 Å². The summed E-state index contributed by atoms with van der Waals surface area (Å²) in [5.41, 5.74) is 1.14. The first kappa shape index (κ1) is 20.0. The highest BCUT2D eigenvalue weighted by molar-refractivity contribution is 6.32. The van der Waals surface area contributed by atoms with Crippen molar-refractivity contribution in [2.24, 2.45) is 5.92 Å². The van der Waals surface area contributed by atoms with Crippen LogP contribution in [0.3, 0.4) is 0 Å². The van der Waals surface area contributed by atoms with Gasteiger partial charge in [0.05, 0.1) is 5.69 Å². The molecule has 0 saturated carbocycles. The molecule has 2 heterocycles. The number of halogens is 1. The van der Waals surface area contributed by atoms with Crippen LogP contribution in [0, 0.1) is 12.8 Å². The highest BCUT2D eigenvalue weighted by atomic mass is 35.5. The van der Waals surface area contributed by atoms with Gasteiger partial charge in [0.2, 0.25) is 6.79 Å². The molecule has 0 spiro atoms. The molecule has 1 N–H and O–H groups in total. The van der Waals surface area contributed by atoms with E-state index < -0.39 is 18.0 Å². The van der Waals surface area contributed by atoms with E-state index in [9.17, 15) is 9.59 Å². The molecule has 1 aliphatic heterocycles. The predicted octanol–water partition coefficient (Wildman–Crippen LogP) is 3.41. The zero-order valence-corrected chi connectivity index (χ0v) is 16.9. The number of anilines is 1. The Morgan fingerprint density at radius 3 is 2.71 bits per heavy atom. The molecule has 9 heteroatoms. The Morgan fingerprint density at radius 2 is 2.00 bits per heavy atom. The van der Waals surface area contributed by atoms with Crippen LogP contribution in [-0.2, 0) is 16.1 Å². The lowest BCUT2D eigenvalue weighted by atomic mass is 10.2. The molecule has 8 nitrogen and oxygen atoms in total.